The number of alkyl carbamates (subject to hydrolysis) is 1. The summed E-state index contributed by atoms with van der Waals surface area (Å²) in [5.74, 6) is -0.789. The van der Waals surface area contributed by atoms with Gasteiger partial charge < -0.3 is 20.3 Å². The molecular formula is C34H43N3O4. The van der Waals surface area contributed by atoms with Crippen molar-refractivity contribution in [2.24, 2.45) is 5.92 Å². The lowest BCUT2D eigenvalue weighted by atomic mass is 9.87. The van der Waals surface area contributed by atoms with Crippen LogP contribution in [0.25, 0.3) is 10.8 Å². The van der Waals surface area contributed by atoms with Gasteiger partial charge in [-0.25, -0.2) is 4.79 Å². The zero-order chi connectivity index (χ0) is 29.7. The Morgan fingerprint density at radius 1 is 0.951 bits per heavy atom. The van der Waals surface area contributed by atoms with Crippen molar-refractivity contribution in [2.75, 3.05) is 5.32 Å². The van der Waals surface area contributed by atoms with Crippen LogP contribution in [-0.2, 0) is 20.7 Å². The largest absolute Gasteiger partial charge is 0.444 e. The molecule has 7 nitrogen and oxygen atoms in total. The highest BCUT2D eigenvalue weighted by molar-refractivity contribution is 6.00. The molecule has 3 aromatic carbocycles. The molecule has 0 aliphatic heterocycles. The molecule has 1 aliphatic carbocycles. The quantitative estimate of drug-likeness (QED) is 0.296. The van der Waals surface area contributed by atoms with Crippen LogP contribution >= 0.6 is 0 Å². The minimum absolute atomic E-state index is 0.109. The van der Waals surface area contributed by atoms with E-state index in [-0.39, 0.29) is 23.8 Å². The number of hydrogen-bond acceptors (Lipinski definition) is 4. The Morgan fingerprint density at radius 3 is 2.17 bits per heavy atom. The fraction of sp³-hybridized carbons (Fsp3) is 0.441. The van der Waals surface area contributed by atoms with Gasteiger partial charge in [-0.3, -0.25) is 9.59 Å². The maximum absolute atomic E-state index is 14.4. The molecule has 0 radical (unpaired) electrons. The molecule has 0 aromatic heterocycles. The summed E-state index contributed by atoms with van der Waals surface area (Å²) in [5, 5.41) is 8.00. The van der Waals surface area contributed by atoms with Crippen LogP contribution in [0, 0.1) is 5.92 Å². The van der Waals surface area contributed by atoms with Gasteiger partial charge in [-0.15, -0.1) is 0 Å². The van der Waals surface area contributed by atoms with E-state index < -0.39 is 23.8 Å². The van der Waals surface area contributed by atoms with Crippen molar-refractivity contribution in [1.29, 1.82) is 0 Å². The molecule has 218 valence electrons. The number of nitrogens with one attached hydrogen (secondary N) is 2. The molecule has 2 unspecified atom stereocenters. The van der Waals surface area contributed by atoms with Crippen LogP contribution in [0.15, 0.2) is 66.7 Å². The van der Waals surface area contributed by atoms with Crippen molar-refractivity contribution in [2.45, 2.75) is 91.0 Å². The van der Waals surface area contributed by atoms with Crippen LogP contribution in [0.1, 0.15) is 78.0 Å². The van der Waals surface area contributed by atoms with Gasteiger partial charge in [0.05, 0.1) is 0 Å². The lowest BCUT2D eigenvalue weighted by Crippen LogP contribution is -2.58. The average molecular weight is 558 g/mol. The fourth-order valence-electron chi connectivity index (χ4n) is 5.14. The number of fused-ring (bicyclic) bond motifs is 1. The third-order valence-corrected chi connectivity index (χ3v) is 7.57. The third-order valence-electron chi connectivity index (χ3n) is 7.57. The Labute approximate surface area is 243 Å². The predicted octanol–water partition coefficient (Wildman–Crippen LogP) is 7.01. The molecule has 4 rings (SSSR count). The van der Waals surface area contributed by atoms with Gasteiger partial charge in [0.1, 0.15) is 17.7 Å². The van der Waals surface area contributed by atoms with E-state index >= 15 is 0 Å². The predicted molar refractivity (Wildman–Crippen MR) is 164 cm³/mol. The first-order valence-corrected chi connectivity index (χ1v) is 14.7. The maximum atomic E-state index is 14.4. The van der Waals surface area contributed by atoms with Crippen molar-refractivity contribution in [3.05, 3.63) is 77.9 Å². The number of carbonyl (C=O) groups excluding carboxylic acids is 3. The second-order valence-electron chi connectivity index (χ2n) is 12.2. The van der Waals surface area contributed by atoms with Gasteiger partial charge in [0.2, 0.25) is 5.91 Å². The number of anilines is 1. The molecule has 0 spiro atoms. The highest BCUT2D eigenvalue weighted by Crippen LogP contribution is 2.35. The van der Waals surface area contributed by atoms with Gasteiger partial charge in [0.25, 0.3) is 5.91 Å². The minimum Gasteiger partial charge on any atom is -0.444 e. The van der Waals surface area contributed by atoms with Gasteiger partial charge in [0, 0.05) is 11.7 Å². The summed E-state index contributed by atoms with van der Waals surface area (Å²) in [5.41, 5.74) is 1.85. The van der Waals surface area contributed by atoms with E-state index in [4.69, 9.17) is 4.74 Å². The molecule has 3 amide bonds. The summed E-state index contributed by atoms with van der Waals surface area (Å²) in [6.07, 6.45) is 2.80. The van der Waals surface area contributed by atoms with E-state index in [1.54, 1.807) is 25.7 Å². The van der Waals surface area contributed by atoms with Crippen LogP contribution in [0.2, 0.25) is 0 Å². The molecular weight excluding hydrogens is 514 g/mol. The normalized spacial score (nSPS) is 15.1. The van der Waals surface area contributed by atoms with Crippen LogP contribution in [0.5, 0.6) is 0 Å². The highest BCUT2D eigenvalue weighted by Gasteiger charge is 2.42. The Kier molecular flexibility index (Phi) is 9.36. The zero-order valence-electron chi connectivity index (χ0n) is 25.1. The molecule has 0 saturated heterocycles. The molecule has 2 N–H and O–H groups in total. The lowest BCUT2D eigenvalue weighted by molar-refractivity contribution is -0.146. The van der Waals surface area contributed by atoms with Gasteiger partial charge in [0.15, 0.2) is 0 Å². The van der Waals surface area contributed by atoms with Gasteiger partial charge >= 0.3 is 6.09 Å². The minimum atomic E-state index is -0.869. The summed E-state index contributed by atoms with van der Waals surface area (Å²) < 4.78 is 5.48. The Morgan fingerprint density at radius 2 is 1.61 bits per heavy atom. The first kappa shape index (κ1) is 30.1. The van der Waals surface area contributed by atoms with Crippen molar-refractivity contribution in [3.63, 3.8) is 0 Å². The zero-order valence-corrected chi connectivity index (χ0v) is 25.1. The van der Waals surface area contributed by atoms with E-state index in [0.29, 0.717) is 5.69 Å². The number of amides is 3. The van der Waals surface area contributed by atoms with Crippen LogP contribution in [-0.4, -0.2) is 40.5 Å². The maximum Gasteiger partial charge on any atom is 0.408 e. The molecule has 7 heteroatoms. The van der Waals surface area contributed by atoms with Crippen molar-refractivity contribution < 1.29 is 19.1 Å². The van der Waals surface area contributed by atoms with Crippen molar-refractivity contribution >= 4 is 34.4 Å². The second-order valence-corrected chi connectivity index (χ2v) is 12.2. The van der Waals surface area contributed by atoms with E-state index in [1.807, 2.05) is 80.6 Å². The molecule has 41 heavy (non-hydrogen) atoms. The monoisotopic (exact) mass is 557 g/mol. The average Bonchev–Trinajstić information content (AvgIpc) is 2.89. The SMILES string of the molecule is CCc1ccc(C(C(=O)Nc2ccc3ccccc3c2)N(C(=O)C(NC(=O)OC(C)(C)C)C(C)C)C2CCC2)cc1. The number of aryl methyl sites for hydroxylation is 1. The molecule has 1 aliphatic rings. The first-order valence-electron chi connectivity index (χ1n) is 14.7. The van der Waals surface area contributed by atoms with Crippen LogP contribution < -0.4 is 10.6 Å². The summed E-state index contributed by atoms with van der Waals surface area (Å²) in [7, 11) is 0. The van der Waals surface area contributed by atoms with E-state index in [1.165, 1.54) is 0 Å². The van der Waals surface area contributed by atoms with E-state index in [0.717, 1.165) is 47.6 Å². The summed E-state index contributed by atoms with van der Waals surface area (Å²) >= 11 is 0. The molecule has 0 bridgehead atoms. The first-order chi connectivity index (χ1) is 19.5. The van der Waals surface area contributed by atoms with Gasteiger partial charge in [-0.1, -0.05) is 75.4 Å². The Balaban J connectivity index is 1.71. The topological polar surface area (TPSA) is 87.7 Å². The lowest BCUT2D eigenvalue weighted by Gasteiger charge is -2.44. The highest BCUT2D eigenvalue weighted by atomic mass is 16.6. The second kappa shape index (κ2) is 12.8. The number of benzene rings is 3. The van der Waals surface area contributed by atoms with E-state index in [2.05, 4.69) is 17.6 Å². The number of nitrogens with zero attached hydrogens (tertiary/aromatic N) is 1. The summed E-state index contributed by atoms with van der Waals surface area (Å²) in [6.45, 7) is 11.2. The van der Waals surface area contributed by atoms with E-state index in [9.17, 15) is 14.4 Å². The molecule has 1 fully saturated rings. The number of rotatable bonds is 9. The standard InChI is InChI=1S/C34H43N3O4/c1-7-23-15-17-25(18-16-23)30(31(38)35-27-20-19-24-11-8-9-12-26(24)21-27)37(28-13-10-14-28)32(39)29(22(2)3)36-33(40)41-34(4,5)6/h8-9,11-12,15-22,28-30H,7,10,13-14H2,1-6H3,(H,35,38)(H,36,40). The molecule has 0 heterocycles. The van der Waals surface area contributed by atoms with Crippen molar-refractivity contribution in [3.8, 4) is 0 Å². The number of carbonyl (C=O) groups is 3. The Hall–Kier alpha value is -3.87. The van der Waals surface area contributed by atoms with Crippen LogP contribution in [0.4, 0.5) is 10.5 Å². The Bertz CT molecular complexity index is 1370. The molecule has 3 aromatic rings. The fourth-order valence-corrected chi connectivity index (χ4v) is 5.14. The van der Waals surface area contributed by atoms with Crippen LogP contribution in [0.3, 0.4) is 0 Å². The third kappa shape index (κ3) is 7.46. The molecule has 2 atom stereocenters. The molecule has 1 saturated carbocycles. The summed E-state index contributed by atoms with van der Waals surface area (Å²) in [6, 6.07) is 19.8. The van der Waals surface area contributed by atoms with Crippen molar-refractivity contribution in [1.82, 2.24) is 10.2 Å². The van der Waals surface area contributed by atoms with Gasteiger partial charge in [-0.2, -0.15) is 0 Å². The number of ether oxygens (including phenoxy) is 1. The summed E-state index contributed by atoms with van der Waals surface area (Å²) in [4.78, 5) is 43.0. The number of hydrogen-bond donors (Lipinski definition) is 2. The van der Waals surface area contributed by atoms with Gasteiger partial charge in [-0.05, 0) is 86.4 Å². The smallest absolute Gasteiger partial charge is 0.408 e.